The molecule has 3 aromatic rings. The zero-order chi connectivity index (χ0) is 16.4. The number of amides is 1. The van der Waals surface area contributed by atoms with Crippen molar-refractivity contribution < 1.29 is 9.90 Å². The summed E-state index contributed by atoms with van der Waals surface area (Å²) in [4.78, 5) is 24.7. The number of para-hydroxylation sites is 2. The number of fused-ring (bicyclic) bond motifs is 1. The molecule has 1 heterocycles. The van der Waals surface area contributed by atoms with Gasteiger partial charge in [0.1, 0.15) is 11.3 Å². The Kier molecular flexibility index (Phi) is 3.72. The van der Waals surface area contributed by atoms with Crippen LogP contribution in [0, 0.1) is 0 Å². The fourth-order valence-electron chi connectivity index (χ4n) is 2.40. The van der Waals surface area contributed by atoms with Crippen molar-refractivity contribution in [3.63, 3.8) is 0 Å². The van der Waals surface area contributed by atoms with Crippen LogP contribution >= 0.6 is 0 Å². The van der Waals surface area contributed by atoms with E-state index < -0.39 is 11.5 Å². The lowest BCUT2D eigenvalue weighted by molar-refractivity contribution is 0.0958. The van der Waals surface area contributed by atoms with E-state index in [1.54, 1.807) is 55.6 Å². The zero-order valence-corrected chi connectivity index (χ0v) is 12.4. The first-order valence-electron chi connectivity index (χ1n) is 7.01. The number of carbonyl (C=O) groups is 1. The second-order valence-electron chi connectivity index (χ2n) is 5.05. The molecular weight excluding hydrogens is 294 g/mol. The Balaban J connectivity index is 1.99. The van der Waals surface area contributed by atoms with E-state index in [0.29, 0.717) is 16.6 Å². The molecule has 0 saturated heterocycles. The number of pyridine rings is 1. The minimum absolute atomic E-state index is 0.297. The van der Waals surface area contributed by atoms with Crippen molar-refractivity contribution in [1.82, 2.24) is 9.99 Å². The molecule has 0 saturated carbocycles. The van der Waals surface area contributed by atoms with Crippen LogP contribution in [-0.4, -0.2) is 15.6 Å². The molecule has 0 radical (unpaired) electrons. The molecule has 23 heavy (non-hydrogen) atoms. The van der Waals surface area contributed by atoms with E-state index in [1.807, 2.05) is 6.07 Å². The average Bonchev–Trinajstić information content (AvgIpc) is 2.59. The monoisotopic (exact) mass is 309 g/mol. The quantitative estimate of drug-likeness (QED) is 0.646. The van der Waals surface area contributed by atoms with Crippen LogP contribution in [0.25, 0.3) is 10.9 Å². The Labute approximate surface area is 132 Å². The third-order valence-corrected chi connectivity index (χ3v) is 3.60. The highest BCUT2D eigenvalue weighted by molar-refractivity contribution is 6.02. The predicted molar refractivity (Wildman–Crippen MR) is 88.4 cm³/mol. The maximum atomic E-state index is 12.4. The van der Waals surface area contributed by atoms with Gasteiger partial charge in [-0.3, -0.25) is 20.4 Å². The maximum Gasteiger partial charge on any atom is 0.279 e. The molecule has 3 rings (SSSR count). The number of carbonyl (C=O) groups excluding carboxylic acids is 1. The Morgan fingerprint density at radius 2 is 1.70 bits per heavy atom. The van der Waals surface area contributed by atoms with E-state index in [0.717, 1.165) is 0 Å². The number of hydrogen-bond acceptors (Lipinski definition) is 4. The highest BCUT2D eigenvalue weighted by atomic mass is 16.3. The summed E-state index contributed by atoms with van der Waals surface area (Å²) < 4.78 is 1.34. The first kappa shape index (κ1) is 14.6. The lowest BCUT2D eigenvalue weighted by Gasteiger charge is -2.12. The summed E-state index contributed by atoms with van der Waals surface area (Å²) in [5.41, 5.74) is 5.50. The first-order chi connectivity index (χ1) is 11.1. The van der Waals surface area contributed by atoms with E-state index in [2.05, 4.69) is 10.9 Å². The summed E-state index contributed by atoms with van der Waals surface area (Å²) in [5, 5.41) is 10.8. The van der Waals surface area contributed by atoms with Crippen LogP contribution in [-0.2, 0) is 7.05 Å². The molecule has 116 valence electrons. The molecule has 0 unspecified atom stereocenters. The van der Waals surface area contributed by atoms with Gasteiger partial charge in [0.05, 0.1) is 11.2 Å². The van der Waals surface area contributed by atoms with Crippen molar-refractivity contribution >= 4 is 22.5 Å². The molecule has 3 N–H and O–H groups in total. The predicted octanol–water partition coefficient (Wildman–Crippen LogP) is 2.00. The zero-order valence-electron chi connectivity index (χ0n) is 12.4. The topological polar surface area (TPSA) is 83.4 Å². The Morgan fingerprint density at radius 1 is 1.04 bits per heavy atom. The Hall–Kier alpha value is -3.28. The molecule has 0 spiro atoms. The van der Waals surface area contributed by atoms with Crippen molar-refractivity contribution in [2.24, 2.45) is 7.05 Å². The molecule has 1 amide bonds. The van der Waals surface area contributed by atoms with Crippen LogP contribution < -0.4 is 16.4 Å². The molecule has 0 atom stereocenters. The number of benzene rings is 2. The minimum Gasteiger partial charge on any atom is -0.506 e. The summed E-state index contributed by atoms with van der Waals surface area (Å²) >= 11 is 0. The molecular formula is C17H15N3O3. The van der Waals surface area contributed by atoms with Gasteiger partial charge in [-0.15, -0.1) is 0 Å². The fourth-order valence-corrected chi connectivity index (χ4v) is 2.40. The number of aromatic hydroxyl groups is 1. The van der Waals surface area contributed by atoms with Gasteiger partial charge in [-0.2, -0.15) is 0 Å². The van der Waals surface area contributed by atoms with E-state index in [9.17, 15) is 14.7 Å². The second-order valence-corrected chi connectivity index (χ2v) is 5.05. The van der Waals surface area contributed by atoms with Crippen molar-refractivity contribution in [3.05, 3.63) is 70.5 Å². The number of hydrogen-bond donors (Lipinski definition) is 3. The van der Waals surface area contributed by atoms with E-state index in [4.69, 9.17) is 0 Å². The van der Waals surface area contributed by atoms with Gasteiger partial charge in [0.2, 0.25) is 0 Å². The Morgan fingerprint density at radius 3 is 2.43 bits per heavy atom. The van der Waals surface area contributed by atoms with Crippen molar-refractivity contribution in [3.8, 4) is 5.75 Å². The number of hydrazine groups is 1. The number of aromatic nitrogens is 1. The van der Waals surface area contributed by atoms with Crippen LogP contribution in [0.5, 0.6) is 5.75 Å². The molecule has 6 nitrogen and oxygen atoms in total. The molecule has 1 aromatic heterocycles. The summed E-state index contributed by atoms with van der Waals surface area (Å²) in [7, 11) is 1.56. The van der Waals surface area contributed by atoms with Crippen molar-refractivity contribution in [2.45, 2.75) is 0 Å². The van der Waals surface area contributed by atoms with Crippen LogP contribution in [0.1, 0.15) is 10.4 Å². The highest BCUT2D eigenvalue weighted by Crippen LogP contribution is 2.25. The standard InChI is InChI=1S/C17H15N3O3/c1-20-13-10-6-5-9-12(13)15(21)14(17(20)23)16(22)19-18-11-7-3-2-4-8-11/h2-10,18,21H,1H3,(H,19,22). The van der Waals surface area contributed by atoms with Crippen LogP contribution in [0.15, 0.2) is 59.4 Å². The lowest BCUT2D eigenvalue weighted by atomic mass is 10.1. The van der Waals surface area contributed by atoms with Crippen LogP contribution in [0.2, 0.25) is 0 Å². The number of nitrogens with one attached hydrogen (secondary N) is 2. The summed E-state index contributed by atoms with van der Waals surface area (Å²) in [6, 6.07) is 15.8. The smallest absolute Gasteiger partial charge is 0.279 e. The maximum absolute atomic E-state index is 12.4. The van der Waals surface area contributed by atoms with Crippen molar-refractivity contribution in [2.75, 3.05) is 5.43 Å². The SMILES string of the molecule is Cn1c(=O)c(C(=O)NNc2ccccc2)c(O)c2ccccc21. The van der Waals surface area contributed by atoms with E-state index >= 15 is 0 Å². The van der Waals surface area contributed by atoms with Gasteiger partial charge in [0, 0.05) is 12.4 Å². The summed E-state index contributed by atoms with van der Waals surface area (Å²) in [5.74, 6) is -1.02. The molecule has 0 aliphatic rings. The van der Waals surface area contributed by atoms with Crippen molar-refractivity contribution in [1.29, 1.82) is 0 Å². The number of aryl methyl sites for hydroxylation is 1. The third kappa shape index (κ3) is 2.62. The van der Waals surface area contributed by atoms with Gasteiger partial charge < -0.3 is 9.67 Å². The fraction of sp³-hybridized carbons (Fsp3) is 0.0588. The molecule has 0 bridgehead atoms. The largest absolute Gasteiger partial charge is 0.506 e. The lowest BCUT2D eigenvalue weighted by Crippen LogP contribution is -2.35. The summed E-state index contributed by atoms with van der Waals surface area (Å²) in [6.45, 7) is 0. The third-order valence-electron chi connectivity index (χ3n) is 3.60. The van der Waals surface area contributed by atoms with Crippen LogP contribution in [0.3, 0.4) is 0 Å². The molecule has 2 aromatic carbocycles. The molecule has 0 fully saturated rings. The van der Waals surface area contributed by atoms with Gasteiger partial charge in [-0.1, -0.05) is 30.3 Å². The Bertz CT molecular complexity index is 933. The molecule has 0 aliphatic heterocycles. The molecule has 6 heteroatoms. The number of nitrogens with zero attached hydrogens (tertiary/aromatic N) is 1. The average molecular weight is 309 g/mol. The normalized spacial score (nSPS) is 10.5. The second kappa shape index (κ2) is 5.84. The van der Waals surface area contributed by atoms with Gasteiger partial charge in [-0.25, -0.2) is 0 Å². The van der Waals surface area contributed by atoms with E-state index in [-0.39, 0.29) is 11.3 Å². The van der Waals surface area contributed by atoms with Crippen LogP contribution in [0.4, 0.5) is 5.69 Å². The summed E-state index contributed by atoms with van der Waals surface area (Å²) in [6.07, 6.45) is 0. The highest BCUT2D eigenvalue weighted by Gasteiger charge is 2.20. The van der Waals surface area contributed by atoms with Gasteiger partial charge in [0.15, 0.2) is 0 Å². The van der Waals surface area contributed by atoms with E-state index in [1.165, 1.54) is 4.57 Å². The number of rotatable bonds is 3. The van der Waals surface area contributed by atoms with Gasteiger partial charge in [0.25, 0.3) is 11.5 Å². The molecule has 0 aliphatic carbocycles. The van der Waals surface area contributed by atoms with Gasteiger partial charge in [-0.05, 0) is 24.3 Å². The minimum atomic E-state index is -0.697. The number of anilines is 1. The first-order valence-corrected chi connectivity index (χ1v) is 7.01. The van der Waals surface area contributed by atoms with Gasteiger partial charge >= 0.3 is 0 Å².